The number of benzene rings is 12. The first-order valence-electron chi connectivity index (χ1n) is 45.0. The quantitative estimate of drug-likeness (QED) is 0.0162. The minimum atomic E-state index is -0.578. The Morgan fingerprint density at radius 3 is 0.881 bits per heavy atom. The first-order valence-corrected chi connectivity index (χ1v) is 51.2. The van der Waals surface area contributed by atoms with Crippen molar-refractivity contribution in [2.75, 3.05) is 13.2 Å². The Kier molecular flexibility index (Phi) is 43.4. The second kappa shape index (κ2) is 55.8. The van der Waals surface area contributed by atoms with Crippen LogP contribution >= 0.6 is 47.6 Å². The van der Waals surface area contributed by atoms with E-state index in [0.29, 0.717) is 52.5 Å². The molecule has 706 valence electrons. The van der Waals surface area contributed by atoms with Crippen LogP contribution < -0.4 is 143 Å². The molecule has 17 nitrogen and oxygen atoms in total. The number of hydrogen-bond acceptors (Lipinski definition) is 15. The third kappa shape index (κ3) is 31.0. The molecule has 3 aliphatic rings. The number of halogens is 3. The van der Waals surface area contributed by atoms with Crippen molar-refractivity contribution in [3.8, 4) is 46.9 Å². The molecule has 1 aliphatic heterocycles. The van der Waals surface area contributed by atoms with Gasteiger partial charge in [-0.2, -0.15) is 40.0 Å². The summed E-state index contributed by atoms with van der Waals surface area (Å²) in [7, 11) is -2.26. The Labute approximate surface area is 907 Å². The number of carbonyl (C=O) groups excluding carboxylic acids is 1. The van der Waals surface area contributed by atoms with Gasteiger partial charge < -0.3 is 30.4 Å². The molecular formula is C115H98BBrF2N10Na2O7P4Pd. The molecule has 6 aromatic heterocycles. The molecule has 3 fully saturated rings. The van der Waals surface area contributed by atoms with Gasteiger partial charge in [0.15, 0.2) is 0 Å². The maximum absolute atomic E-state index is 13.1. The van der Waals surface area contributed by atoms with Crippen molar-refractivity contribution in [1.82, 2.24) is 29.2 Å². The minimum absolute atomic E-state index is 0. The summed E-state index contributed by atoms with van der Waals surface area (Å²) >= 11 is 3.41. The SMILES string of the molecule is CC1(C)OB(c2ccc(F)nc2)OC1(C)C.N#Cc1cnn2cc(OCC3(C#N)CC3)cc(-c3ccc(F)nc3)c12.N#Cc1cnn2cc(OCC3(C#N)CC3)cc(Br)c12.O=CO[O-].[H-].[Na+].[Na+].[Pd].c1ccc(P(c2ccccc2)c2ccccc2)cc1.c1ccc(P(c2ccccc2)c2ccccc2)cc1.c1ccc(P(c2ccccc2)c2ccccc2)cc1.c1ccc(P(c2ccccc2)c2ccccc2)cc1. The Balaban J connectivity index is 0.000000171. The van der Waals surface area contributed by atoms with Gasteiger partial charge in [0.2, 0.25) is 11.9 Å². The van der Waals surface area contributed by atoms with E-state index in [9.17, 15) is 19.3 Å². The van der Waals surface area contributed by atoms with Crippen LogP contribution in [0.4, 0.5) is 8.78 Å². The average molecular weight is 2140 g/mol. The molecule has 143 heavy (non-hydrogen) atoms. The average Bonchev–Trinajstić information content (AvgIpc) is 1.63. The fourth-order valence-electron chi connectivity index (χ4n) is 14.8. The van der Waals surface area contributed by atoms with Gasteiger partial charge in [0.25, 0.3) is 6.47 Å². The molecule has 0 amide bonds. The molecule has 18 aromatic rings. The van der Waals surface area contributed by atoms with Gasteiger partial charge in [-0.25, -0.2) is 19.0 Å². The molecule has 12 aromatic carbocycles. The van der Waals surface area contributed by atoms with Crippen molar-refractivity contribution >= 4 is 141 Å². The van der Waals surface area contributed by atoms with E-state index < -0.39 is 56.1 Å². The summed E-state index contributed by atoms with van der Waals surface area (Å²) in [4.78, 5) is 18.5. The van der Waals surface area contributed by atoms with E-state index in [2.05, 4.69) is 429 Å². The Hall–Kier alpha value is -12.0. The number of pyridine rings is 4. The van der Waals surface area contributed by atoms with Crippen LogP contribution in [0.2, 0.25) is 0 Å². The molecule has 0 N–H and O–H groups in total. The van der Waals surface area contributed by atoms with Crippen molar-refractivity contribution in [3.63, 3.8) is 0 Å². The Morgan fingerprint density at radius 1 is 0.399 bits per heavy atom. The molecule has 1 saturated heterocycles. The molecule has 21 rings (SSSR count). The van der Waals surface area contributed by atoms with Crippen LogP contribution in [-0.4, -0.2) is 67.2 Å². The van der Waals surface area contributed by atoms with E-state index in [1.807, 2.05) is 27.7 Å². The number of fused-ring (bicyclic) bond motifs is 2. The van der Waals surface area contributed by atoms with Crippen LogP contribution in [0.15, 0.2) is 442 Å². The number of hydrogen-bond donors (Lipinski definition) is 0. The molecule has 2 saturated carbocycles. The summed E-state index contributed by atoms with van der Waals surface area (Å²) in [6, 6.07) is 147. The van der Waals surface area contributed by atoms with Crippen molar-refractivity contribution in [2.24, 2.45) is 10.8 Å². The smallest absolute Gasteiger partial charge is 1.00 e. The zero-order valence-electron chi connectivity index (χ0n) is 80.5. The first-order chi connectivity index (χ1) is 68.3. The van der Waals surface area contributed by atoms with Crippen LogP contribution in [0.5, 0.6) is 11.5 Å². The number of nitriles is 4. The van der Waals surface area contributed by atoms with E-state index >= 15 is 0 Å². The molecule has 0 radical (unpaired) electrons. The number of ether oxygens (including phenoxy) is 2. The molecule has 2 aliphatic carbocycles. The molecule has 0 spiro atoms. The summed E-state index contributed by atoms with van der Waals surface area (Å²) in [5.41, 5.74) is 2.82. The minimum Gasteiger partial charge on any atom is -1.00 e. The summed E-state index contributed by atoms with van der Waals surface area (Å²) < 4.78 is 52.8. The summed E-state index contributed by atoms with van der Waals surface area (Å²) in [5, 5.41) is 70.0. The van der Waals surface area contributed by atoms with Crippen molar-refractivity contribution in [3.05, 3.63) is 465 Å². The molecule has 0 atom stereocenters. The standard InChI is InChI=1S/C18H12FN5O.4C18H15P.C13H9BrN4O.C11H15BFNO2.CH2O3.2Na.Pd.H/c19-16-2-1-12(7-22-16)15-5-14(25-11-18(10-21)3-4-18)9-24-17(15)13(6-20)8-23-24;4*1-4-10-16(11-5-1)19(17-12-6-2-7-13-17)18-14-8-3-9-15-18;14-11-3-10(19-8-13(7-16)1-2-13)6-18-12(11)9(4-15)5-17-18;1-10(2)11(3,4)16-12(15-10)8-5-6-9(13)14-7-8;2-1-4-3;;;;/h1-2,5,7-9H,3-4,11H2;4*1-15H;3,5-6H,1-2,8H2;5-7H,1-4H3;1,3H;;;;/q;;;;;;;;2*+1;;-1/p-1. The fraction of sp³-hybridized carbons (Fsp3) is 0.122. The zero-order valence-corrected chi connectivity index (χ0v) is 90.3. The maximum atomic E-state index is 13.1. The van der Waals surface area contributed by atoms with E-state index in [-0.39, 0.29) is 104 Å². The van der Waals surface area contributed by atoms with Gasteiger partial charge in [0.05, 0.1) is 81.1 Å². The molecule has 0 unspecified atom stereocenters. The van der Waals surface area contributed by atoms with Crippen LogP contribution in [0, 0.1) is 68.0 Å². The Bertz CT molecular complexity index is 6290. The topological polar surface area (TPSA) is 242 Å². The van der Waals surface area contributed by atoms with Gasteiger partial charge in [0, 0.05) is 53.9 Å². The van der Waals surface area contributed by atoms with Crippen LogP contribution in [0.25, 0.3) is 22.2 Å². The van der Waals surface area contributed by atoms with E-state index in [0.717, 1.165) is 41.1 Å². The van der Waals surface area contributed by atoms with E-state index in [1.165, 1.54) is 101 Å². The number of nitrogens with zero attached hydrogens (tertiary/aromatic N) is 10. The largest absolute Gasteiger partial charge is 1.00 e. The third-order valence-electron chi connectivity index (χ3n) is 23.1. The third-order valence-corrected chi connectivity index (χ3v) is 33.5. The number of rotatable bonds is 21. The second-order valence-corrected chi connectivity index (χ2v) is 43.1. The summed E-state index contributed by atoms with van der Waals surface area (Å²) in [6.07, 6.45) is 12.7. The van der Waals surface area contributed by atoms with E-state index in [4.69, 9.17) is 39.4 Å². The second-order valence-electron chi connectivity index (χ2n) is 33.3. The van der Waals surface area contributed by atoms with Gasteiger partial charge in [-0.1, -0.05) is 370 Å². The Morgan fingerprint density at radius 2 is 0.650 bits per heavy atom. The first kappa shape index (κ1) is 111. The maximum Gasteiger partial charge on any atom is 1.00 e. The van der Waals surface area contributed by atoms with Crippen LogP contribution in [-0.2, 0) is 39.4 Å². The molecule has 0 bridgehead atoms. The summed E-state index contributed by atoms with van der Waals surface area (Å²) in [6.45, 7) is 8.43. The van der Waals surface area contributed by atoms with Gasteiger partial charge >= 0.3 is 66.2 Å². The molecule has 28 heteroatoms. The van der Waals surface area contributed by atoms with Crippen LogP contribution in [0.1, 0.15) is 65.9 Å². The zero-order chi connectivity index (χ0) is 98.0. The summed E-state index contributed by atoms with van der Waals surface area (Å²) in [5.74, 6) is 0.0839. The van der Waals surface area contributed by atoms with Gasteiger partial charge in [-0.05, 0) is 195 Å². The fourth-order valence-corrected chi connectivity index (χ4v) is 24.6. The normalized spacial score (nSPS) is 12.9. The van der Waals surface area contributed by atoms with Crippen molar-refractivity contribution in [1.29, 1.82) is 21.0 Å². The monoisotopic (exact) mass is 2130 g/mol. The predicted molar refractivity (Wildman–Crippen MR) is 565 cm³/mol. The number of carbonyl (C=O) groups is 1. The van der Waals surface area contributed by atoms with E-state index in [1.54, 1.807) is 45.7 Å². The van der Waals surface area contributed by atoms with Crippen molar-refractivity contribution < 1.29 is 123 Å². The number of aromatic nitrogens is 6. The van der Waals surface area contributed by atoms with Crippen molar-refractivity contribution in [2.45, 2.75) is 64.6 Å². The molecular weight excluding hydrogens is 2040 g/mol. The molecule has 7 heterocycles. The van der Waals surface area contributed by atoms with Crippen LogP contribution in [0.3, 0.4) is 0 Å². The predicted octanol–water partition coefficient (Wildman–Crippen LogP) is 13.6. The van der Waals surface area contributed by atoms with Gasteiger partial charge in [0.1, 0.15) is 36.9 Å². The van der Waals surface area contributed by atoms with Gasteiger partial charge in [-0.3, -0.25) is 4.79 Å². The van der Waals surface area contributed by atoms with Gasteiger partial charge in [-0.15, -0.1) is 0 Å².